The van der Waals surface area contributed by atoms with E-state index in [-0.39, 0.29) is 6.04 Å². The van der Waals surface area contributed by atoms with Crippen LogP contribution in [0.5, 0.6) is 0 Å². The minimum absolute atomic E-state index is 0.301. The van der Waals surface area contributed by atoms with Gasteiger partial charge in [0.2, 0.25) is 0 Å². The van der Waals surface area contributed by atoms with E-state index in [4.69, 9.17) is 10.6 Å². The summed E-state index contributed by atoms with van der Waals surface area (Å²) < 4.78 is 42.6. The van der Waals surface area contributed by atoms with Crippen LogP contribution in [-0.4, -0.2) is 18.2 Å². The molecule has 2 rings (SSSR count). The van der Waals surface area contributed by atoms with Crippen molar-refractivity contribution in [3.63, 3.8) is 0 Å². The third-order valence-electron chi connectivity index (χ3n) is 2.90. The number of alkyl halides is 3. The van der Waals surface area contributed by atoms with Gasteiger partial charge in [0, 0.05) is 24.3 Å². The number of nitrogens with one attached hydrogen (secondary N) is 1. The highest BCUT2D eigenvalue weighted by atomic mass is 32.1. The second-order valence-corrected chi connectivity index (χ2v) is 5.31. The maximum absolute atomic E-state index is 12.4. The number of rotatable bonds is 4. The molecule has 0 aromatic carbocycles. The second-order valence-electron chi connectivity index (χ2n) is 4.25. The molecule has 0 saturated carbocycles. The predicted octanol–water partition coefficient (Wildman–Crippen LogP) is 2.09. The first-order valence-electron chi connectivity index (χ1n) is 5.57. The summed E-state index contributed by atoms with van der Waals surface area (Å²) in [5.74, 6) is 5.74. The van der Waals surface area contributed by atoms with Gasteiger partial charge in [0.15, 0.2) is 5.01 Å². The summed E-state index contributed by atoms with van der Waals surface area (Å²) in [5, 5.41) is -0.833. The third-order valence-corrected chi connectivity index (χ3v) is 4.06. The summed E-state index contributed by atoms with van der Waals surface area (Å²) in [5.41, 5.74) is 2.56. The zero-order chi connectivity index (χ0) is 13.2. The molecule has 1 saturated heterocycles. The molecule has 2 atom stereocenters. The first kappa shape index (κ1) is 13.7. The molecule has 1 aliphatic rings. The first-order chi connectivity index (χ1) is 8.50. The summed E-state index contributed by atoms with van der Waals surface area (Å²) in [4.78, 5) is 3.91. The molecule has 1 aliphatic heterocycles. The monoisotopic (exact) mass is 281 g/mol. The van der Waals surface area contributed by atoms with E-state index in [1.54, 1.807) is 0 Å². The molecule has 3 N–H and O–H groups in total. The maximum Gasteiger partial charge on any atom is 0.443 e. The van der Waals surface area contributed by atoms with Crippen LogP contribution in [0.3, 0.4) is 0 Å². The lowest BCUT2D eigenvalue weighted by Crippen LogP contribution is -2.29. The average Bonchev–Trinajstić information content (AvgIpc) is 2.95. The Labute approximate surface area is 106 Å². The van der Waals surface area contributed by atoms with Crippen LogP contribution >= 0.6 is 11.3 Å². The Morgan fingerprint density at radius 3 is 2.89 bits per heavy atom. The molecule has 0 aliphatic carbocycles. The Morgan fingerprint density at radius 2 is 2.39 bits per heavy atom. The normalized spacial score (nSPS) is 22.3. The zero-order valence-corrected chi connectivity index (χ0v) is 10.4. The highest BCUT2D eigenvalue weighted by Crippen LogP contribution is 2.36. The van der Waals surface area contributed by atoms with Gasteiger partial charge in [-0.2, -0.15) is 13.2 Å². The fraction of sp³-hybridized carbons (Fsp3) is 0.700. The van der Waals surface area contributed by atoms with Crippen molar-refractivity contribution in [3.8, 4) is 0 Å². The number of nitrogens with two attached hydrogens (primary N) is 1. The molecule has 102 valence electrons. The van der Waals surface area contributed by atoms with Crippen molar-refractivity contribution in [1.82, 2.24) is 10.4 Å². The zero-order valence-electron chi connectivity index (χ0n) is 9.54. The molecule has 0 bridgehead atoms. The largest absolute Gasteiger partial charge is 0.443 e. The van der Waals surface area contributed by atoms with Crippen LogP contribution in [0.25, 0.3) is 0 Å². The van der Waals surface area contributed by atoms with Crippen LogP contribution in [-0.2, 0) is 10.9 Å². The first-order valence-corrected chi connectivity index (χ1v) is 6.39. The predicted molar refractivity (Wildman–Crippen MR) is 60.7 cm³/mol. The molecule has 8 heteroatoms. The van der Waals surface area contributed by atoms with Crippen LogP contribution in [0.2, 0.25) is 0 Å². The van der Waals surface area contributed by atoms with Crippen LogP contribution in [0.15, 0.2) is 6.20 Å². The van der Waals surface area contributed by atoms with Gasteiger partial charge >= 0.3 is 6.18 Å². The van der Waals surface area contributed by atoms with Crippen LogP contribution in [0.1, 0.15) is 28.8 Å². The number of hydrogen-bond donors (Lipinski definition) is 2. The molecule has 1 aromatic heterocycles. The SMILES string of the molecule is NNC(CC1CCOC1)c1cnc(C(F)(F)F)s1. The summed E-state index contributed by atoms with van der Waals surface area (Å²) in [6.07, 6.45) is -1.56. The molecular weight excluding hydrogens is 267 g/mol. The number of ether oxygens (including phenoxy) is 1. The topological polar surface area (TPSA) is 60.2 Å². The number of halogens is 3. The molecule has 4 nitrogen and oxygen atoms in total. The summed E-state index contributed by atoms with van der Waals surface area (Å²) in [6, 6.07) is -0.301. The van der Waals surface area contributed by atoms with Crippen molar-refractivity contribution in [2.24, 2.45) is 11.8 Å². The third kappa shape index (κ3) is 3.19. The standard InChI is InChI=1S/C10H14F3N3OS/c11-10(12,13)9-15-4-8(18-9)7(16-14)3-6-1-2-17-5-6/h4,6-7,16H,1-3,5,14H2. The van der Waals surface area contributed by atoms with Gasteiger partial charge < -0.3 is 4.74 Å². The Balaban J connectivity index is 2.05. The molecule has 2 unspecified atom stereocenters. The second kappa shape index (κ2) is 5.52. The van der Waals surface area contributed by atoms with Crippen LogP contribution in [0.4, 0.5) is 13.2 Å². The van der Waals surface area contributed by atoms with Crippen molar-refractivity contribution in [2.45, 2.75) is 25.1 Å². The fourth-order valence-corrected chi connectivity index (χ4v) is 2.80. The average molecular weight is 281 g/mol. The molecular formula is C10H14F3N3OS. The van der Waals surface area contributed by atoms with Crippen molar-refractivity contribution in [3.05, 3.63) is 16.1 Å². The molecule has 2 heterocycles. The highest BCUT2D eigenvalue weighted by molar-refractivity contribution is 7.11. The lowest BCUT2D eigenvalue weighted by atomic mass is 9.99. The summed E-state index contributed by atoms with van der Waals surface area (Å²) >= 11 is 0.636. The summed E-state index contributed by atoms with van der Waals surface area (Å²) in [7, 11) is 0. The Hall–Kier alpha value is -0.700. The molecule has 0 spiro atoms. The van der Waals surface area contributed by atoms with Crippen molar-refractivity contribution in [1.29, 1.82) is 0 Å². The minimum atomic E-state index is -4.39. The van der Waals surface area contributed by atoms with Gasteiger partial charge in [0.1, 0.15) is 0 Å². The van der Waals surface area contributed by atoms with Gasteiger partial charge in [-0.25, -0.2) is 4.98 Å². The number of aromatic nitrogens is 1. The van der Waals surface area contributed by atoms with E-state index >= 15 is 0 Å². The van der Waals surface area contributed by atoms with Gasteiger partial charge in [-0.05, 0) is 18.8 Å². The number of thiazole rings is 1. The van der Waals surface area contributed by atoms with E-state index in [1.807, 2.05) is 0 Å². The fourth-order valence-electron chi connectivity index (χ4n) is 1.95. The van der Waals surface area contributed by atoms with Gasteiger partial charge in [-0.1, -0.05) is 0 Å². The lowest BCUT2D eigenvalue weighted by molar-refractivity contribution is -0.137. The summed E-state index contributed by atoms with van der Waals surface area (Å²) in [6.45, 7) is 1.35. The van der Waals surface area contributed by atoms with Crippen molar-refractivity contribution >= 4 is 11.3 Å². The van der Waals surface area contributed by atoms with E-state index in [0.29, 0.717) is 41.8 Å². The smallest absolute Gasteiger partial charge is 0.381 e. The van der Waals surface area contributed by atoms with Crippen molar-refractivity contribution in [2.75, 3.05) is 13.2 Å². The Kier molecular flexibility index (Phi) is 4.21. The van der Waals surface area contributed by atoms with Gasteiger partial charge in [-0.3, -0.25) is 11.3 Å². The van der Waals surface area contributed by atoms with Gasteiger partial charge in [-0.15, -0.1) is 11.3 Å². The quantitative estimate of drug-likeness (QED) is 0.655. The molecule has 1 aromatic rings. The Bertz CT molecular complexity index is 390. The van der Waals surface area contributed by atoms with Gasteiger partial charge in [0.25, 0.3) is 0 Å². The molecule has 0 radical (unpaired) electrons. The van der Waals surface area contributed by atoms with E-state index in [0.717, 1.165) is 6.42 Å². The number of nitrogens with zero attached hydrogens (tertiary/aromatic N) is 1. The van der Waals surface area contributed by atoms with Crippen LogP contribution < -0.4 is 11.3 Å². The number of hydrazine groups is 1. The highest BCUT2D eigenvalue weighted by Gasteiger charge is 2.35. The number of hydrogen-bond acceptors (Lipinski definition) is 5. The molecule has 0 amide bonds. The molecule has 18 heavy (non-hydrogen) atoms. The van der Waals surface area contributed by atoms with E-state index in [1.165, 1.54) is 6.20 Å². The van der Waals surface area contributed by atoms with Crippen LogP contribution in [0, 0.1) is 5.92 Å². The van der Waals surface area contributed by atoms with Crippen molar-refractivity contribution < 1.29 is 17.9 Å². The maximum atomic E-state index is 12.4. The van der Waals surface area contributed by atoms with E-state index in [2.05, 4.69) is 10.4 Å². The molecule has 1 fully saturated rings. The minimum Gasteiger partial charge on any atom is -0.381 e. The lowest BCUT2D eigenvalue weighted by Gasteiger charge is -2.17. The van der Waals surface area contributed by atoms with Gasteiger partial charge in [0.05, 0.1) is 6.04 Å². The van der Waals surface area contributed by atoms with E-state index in [9.17, 15) is 13.2 Å². The van der Waals surface area contributed by atoms with E-state index < -0.39 is 11.2 Å². The Morgan fingerprint density at radius 1 is 1.61 bits per heavy atom.